The second-order valence-corrected chi connectivity index (χ2v) is 6.32. The maximum atomic E-state index is 12.3. The Morgan fingerprint density at radius 3 is 2.18 bits per heavy atom. The van der Waals surface area contributed by atoms with E-state index >= 15 is 0 Å². The van der Waals surface area contributed by atoms with Crippen molar-refractivity contribution in [2.75, 3.05) is 6.61 Å². The number of hydrogen-bond acceptors (Lipinski definition) is 4. The molecule has 1 aliphatic rings. The molecule has 0 atom stereocenters. The summed E-state index contributed by atoms with van der Waals surface area (Å²) in [5.41, 5.74) is 0.284. The standard InChI is InChI=1S/C17H23BO4/c1-6-20-15(19)14(12-13-10-8-7-9-11-13)18-21-16(2,3)17(4,5)22-18/h7-12H,6H2,1-5H3/b14-12+. The third-order valence-electron chi connectivity index (χ3n) is 4.14. The van der Waals surface area contributed by atoms with Crippen molar-refractivity contribution < 1.29 is 18.8 Å². The van der Waals surface area contributed by atoms with Gasteiger partial charge in [-0.1, -0.05) is 30.3 Å². The fourth-order valence-electron chi connectivity index (χ4n) is 2.14. The Kier molecular flexibility index (Phi) is 4.78. The largest absolute Gasteiger partial charge is 0.502 e. The average molecular weight is 302 g/mol. The molecule has 0 spiro atoms. The first kappa shape index (κ1) is 16.8. The highest BCUT2D eigenvalue weighted by Crippen LogP contribution is 2.39. The highest BCUT2D eigenvalue weighted by molar-refractivity contribution is 6.62. The second-order valence-electron chi connectivity index (χ2n) is 6.32. The van der Waals surface area contributed by atoms with Gasteiger partial charge in [-0.05, 0) is 46.3 Å². The summed E-state index contributed by atoms with van der Waals surface area (Å²) < 4.78 is 17.1. The number of ether oxygens (including phenoxy) is 1. The van der Waals surface area contributed by atoms with Gasteiger partial charge in [-0.2, -0.15) is 0 Å². The van der Waals surface area contributed by atoms with Gasteiger partial charge in [-0.3, -0.25) is 0 Å². The Hall–Kier alpha value is -1.59. The molecule has 2 rings (SSSR count). The van der Waals surface area contributed by atoms with Crippen LogP contribution in [0, 0.1) is 0 Å². The Bertz CT molecular complexity index is 547. The van der Waals surface area contributed by atoms with Crippen LogP contribution < -0.4 is 0 Å². The van der Waals surface area contributed by atoms with Crippen molar-refractivity contribution in [1.29, 1.82) is 0 Å². The van der Waals surface area contributed by atoms with Crippen LogP contribution in [0.3, 0.4) is 0 Å². The zero-order valence-electron chi connectivity index (χ0n) is 13.9. The summed E-state index contributed by atoms with van der Waals surface area (Å²) in [7, 11) is -0.732. The topological polar surface area (TPSA) is 44.8 Å². The first-order chi connectivity index (χ1) is 10.3. The molecule has 0 radical (unpaired) electrons. The van der Waals surface area contributed by atoms with E-state index in [-0.39, 0.29) is 0 Å². The molecule has 1 saturated heterocycles. The molecule has 1 aromatic rings. The molecule has 22 heavy (non-hydrogen) atoms. The number of carbonyl (C=O) groups is 1. The molecule has 0 bridgehead atoms. The SMILES string of the molecule is CCOC(=O)/C(=C\c1ccccc1)B1OC(C)(C)C(C)(C)O1. The lowest BCUT2D eigenvalue weighted by Gasteiger charge is -2.32. The van der Waals surface area contributed by atoms with Gasteiger partial charge in [-0.15, -0.1) is 0 Å². The highest BCUT2D eigenvalue weighted by Gasteiger charge is 2.53. The minimum Gasteiger partial charge on any atom is -0.463 e. The van der Waals surface area contributed by atoms with E-state index in [2.05, 4.69) is 0 Å². The molecule has 0 unspecified atom stereocenters. The van der Waals surface area contributed by atoms with Crippen molar-refractivity contribution in [2.24, 2.45) is 0 Å². The third kappa shape index (κ3) is 3.42. The van der Waals surface area contributed by atoms with Gasteiger partial charge in [0.2, 0.25) is 0 Å². The summed E-state index contributed by atoms with van der Waals surface area (Å²) in [6.45, 7) is 9.92. The Morgan fingerprint density at radius 2 is 1.68 bits per heavy atom. The smallest absolute Gasteiger partial charge is 0.463 e. The predicted octanol–water partition coefficient (Wildman–Crippen LogP) is 3.26. The van der Waals surface area contributed by atoms with Gasteiger partial charge in [0.15, 0.2) is 0 Å². The maximum absolute atomic E-state index is 12.3. The van der Waals surface area contributed by atoms with E-state index < -0.39 is 24.3 Å². The summed E-state index contributed by atoms with van der Waals surface area (Å²) in [4.78, 5) is 12.3. The number of rotatable bonds is 4. The molecule has 5 heteroatoms. The Balaban J connectivity index is 2.35. The van der Waals surface area contributed by atoms with E-state index in [0.717, 1.165) is 5.56 Å². The second kappa shape index (κ2) is 6.27. The van der Waals surface area contributed by atoms with Crippen LogP contribution in [0.1, 0.15) is 40.2 Å². The molecule has 4 nitrogen and oxygen atoms in total. The van der Waals surface area contributed by atoms with Crippen molar-refractivity contribution in [3.63, 3.8) is 0 Å². The number of hydrogen-bond donors (Lipinski definition) is 0. The van der Waals surface area contributed by atoms with Crippen LogP contribution in [-0.2, 0) is 18.8 Å². The molecule has 0 saturated carbocycles. The lowest BCUT2D eigenvalue weighted by molar-refractivity contribution is -0.137. The third-order valence-corrected chi connectivity index (χ3v) is 4.14. The van der Waals surface area contributed by atoms with Crippen LogP contribution in [0.25, 0.3) is 6.08 Å². The summed E-state index contributed by atoms with van der Waals surface area (Å²) in [6, 6.07) is 9.60. The van der Waals surface area contributed by atoms with E-state index in [9.17, 15) is 4.79 Å². The van der Waals surface area contributed by atoms with Crippen LogP contribution in [0.5, 0.6) is 0 Å². The van der Waals surface area contributed by atoms with Crippen molar-refractivity contribution >= 4 is 19.2 Å². The molecule has 0 aliphatic carbocycles. The molecule has 0 N–H and O–H groups in total. The van der Waals surface area contributed by atoms with Crippen molar-refractivity contribution in [1.82, 2.24) is 0 Å². The molecular weight excluding hydrogens is 279 g/mol. The highest BCUT2D eigenvalue weighted by atomic mass is 16.7. The van der Waals surface area contributed by atoms with Gasteiger partial charge < -0.3 is 14.0 Å². The lowest BCUT2D eigenvalue weighted by atomic mass is 9.77. The van der Waals surface area contributed by atoms with E-state index in [0.29, 0.717) is 12.1 Å². The zero-order chi connectivity index (χ0) is 16.4. The number of esters is 1. The van der Waals surface area contributed by atoms with Gasteiger partial charge in [0.1, 0.15) is 0 Å². The Morgan fingerprint density at radius 1 is 1.14 bits per heavy atom. The summed E-state index contributed by atoms with van der Waals surface area (Å²) in [5, 5.41) is 0. The van der Waals surface area contributed by atoms with E-state index in [4.69, 9.17) is 14.0 Å². The van der Waals surface area contributed by atoms with E-state index in [1.165, 1.54) is 0 Å². The summed E-state index contributed by atoms with van der Waals surface area (Å²) in [6.07, 6.45) is 1.76. The monoisotopic (exact) mass is 302 g/mol. The summed E-state index contributed by atoms with van der Waals surface area (Å²) >= 11 is 0. The van der Waals surface area contributed by atoms with Gasteiger partial charge in [0.05, 0.1) is 23.3 Å². The first-order valence-corrected chi connectivity index (χ1v) is 7.56. The predicted molar refractivity (Wildman–Crippen MR) is 87.1 cm³/mol. The molecule has 1 aliphatic heterocycles. The Labute approximate surface area is 132 Å². The van der Waals surface area contributed by atoms with E-state index in [1.807, 2.05) is 58.0 Å². The van der Waals surface area contributed by atoms with Crippen molar-refractivity contribution in [2.45, 2.75) is 45.8 Å². The number of carbonyl (C=O) groups excluding carboxylic acids is 1. The normalized spacial score (nSPS) is 20.0. The van der Waals surface area contributed by atoms with Gasteiger partial charge >= 0.3 is 13.1 Å². The molecule has 1 fully saturated rings. The van der Waals surface area contributed by atoms with Crippen LogP contribution in [0.15, 0.2) is 35.8 Å². The zero-order valence-corrected chi connectivity index (χ0v) is 13.9. The van der Waals surface area contributed by atoms with Gasteiger partial charge in [-0.25, -0.2) is 4.79 Å². The summed E-state index contributed by atoms with van der Waals surface area (Å²) in [5.74, 6) is -0.412. The van der Waals surface area contributed by atoms with E-state index in [1.54, 1.807) is 13.0 Å². The maximum Gasteiger partial charge on any atom is 0.502 e. The van der Waals surface area contributed by atoms with Crippen molar-refractivity contribution in [3.05, 3.63) is 41.4 Å². The molecule has 118 valence electrons. The molecule has 0 aromatic heterocycles. The molecule has 1 aromatic carbocycles. The van der Waals surface area contributed by atoms with Gasteiger partial charge in [0.25, 0.3) is 0 Å². The molecular formula is C17H23BO4. The van der Waals surface area contributed by atoms with Crippen molar-refractivity contribution in [3.8, 4) is 0 Å². The molecule has 0 amide bonds. The van der Waals surface area contributed by atoms with Crippen LogP contribution in [0.4, 0.5) is 0 Å². The van der Waals surface area contributed by atoms with Gasteiger partial charge in [0, 0.05) is 0 Å². The fraction of sp³-hybridized carbons (Fsp3) is 0.471. The average Bonchev–Trinajstić information content (AvgIpc) is 2.66. The van der Waals surface area contributed by atoms with Crippen LogP contribution in [0.2, 0.25) is 0 Å². The van der Waals surface area contributed by atoms with Crippen LogP contribution >= 0.6 is 0 Å². The molecule has 1 heterocycles. The quantitative estimate of drug-likeness (QED) is 0.486. The van der Waals surface area contributed by atoms with Crippen LogP contribution in [-0.4, -0.2) is 30.9 Å². The number of benzene rings is 1. The first-order valence-electron chi connectivity index (χ1n) is 7.56. The fourth-order valence-corrected chi connectivity index (χ4v) is 2.14. The minimum absolute atomic E-state index is 0.310. The lowest BCUT2D eigenvalue weighted by Crippen LogP contribution is -2.41. The minimum atomic E-state index is -0.732.